The number of methoxy groups -OCH3 is 1. The smallest absolute Gasteiger partial charge is 0.279 e. The van der Waals surface area contributed by atoms with Crippen molar-refractivity contribution in [3.8, 4) is 5.75 Å². The molecule has 0 saturated carbocycles. The minimum absolute atomic E-state index is 0.197. The van der Waals surface area contributed by atoms with Gasteiger partial charge in [-0.2, -0.15) is 4.99 Å². The first-order valence-corrected chi connectivity index (χ1v) is 8.69. The maximum absolute atomic E-state index is 12.7. The number of hydrogen-bond acceptors (Lipinski definition) is 3. The van der Waals surface area contributed by atoms with Gasteiger partial charge in [-0.1, -0.05) is 29.0 Å². The van der Waals surface area contributed by atoms with Crippen LogP contribution in [0.3, 0.4) is 0 Å². The Bertz CT molecular complexity index is 983. The largest absolute Gasteiger partial charge is 0.497 e. The second-order valence-electron chi connectivity index (χ2n) is 5.70. The number of carbonyl (C=O) groups is 1. The lowest BCUT2D eigenvalue weighted by atomic mass is 10.1. The van der Waals surface area contributed by atoms with Crippen LogP contribution in [0.15, 0.2) is 41.4 Å². The molecule has 3 aromatic rings. The molecule has 1 aromatic heterocycles. The standard InChI is InChI=1S/C19H20N2O2S/c1-5-21-16-9-8-14(23-4)11-17(16)24-19(21)20-18(22)15-10-12(2)6-7-13(15)3/h6-11H,5H2,1-4H3. The van der Waals surface area contributed by atoms with Gasteiger partial charge in [0.05, 0.1) is 17.3 Å². The zero-order valence-electron chi connectivity index (χ0n) is 14.3. The van der Waals surface area contributed by atoms with Crippen molar-refractivity contribution in [3.63, 3.8) is 0 Å². The Morgan fingerprint density at radius 3 is 2.71 bits per heavy atom. The van der Waals surface area contributed by atoms with Crippen molar-refractivity contribution in [2.75, 3.05) is 7.11 Å². The zero-order valence-corrected chi connectivity index (χ0v) is 15.1. The normalized spacial score (nSPS) is 11.9. The summed E-state index contributed by atoms with van der Waals surface area (Å²) in [6.07, 6.45) is 0. The number of ether oxygens (including phenoxy) is 1. The number of thiazole rings is 1. The minimum Gasteiger partial charge on any atom is -0.497 e. The van der Waals surface area contributed by atoms with Crippen LogP contribution in [0.25, 0.3) is 10.2 Å². The predicted octanol–water partition coefficient (Wildman–Crippen LogP) is 4.09. The molecule has 3 rings (SSSR count). The second kappa shape index (κ2) is 6.61. The van der Waals surface area contributed by atoms with Crippen molar-refractivity contribution >= 4 is 27.5 Å². The summed E-state index contributed by atoms with van der Waals surface area (Å²) in [5, 5.41) is 0. The van der Waals surface area contributed by atoms with E-state index in [2.05, 4.69) is 16.5 Å². The fourth-order valence-corrected chi connectivity index (χ4v) is 3.81. The number of amides is 1. The van der Waals surface area contributed by atoms with Crippen molar-refractivity contribution in [3.05, 3.63) is 57.9 Å². The molecule has 24 heavy (non-hydrogen) atoms. The Hall–Kier alpha value is -2.40. The third kappa shape index (κ3) is 2.99. The summed E-state index contributed by atoms with van der Waals surface area (Å²) < 4.78 is 8.40. The molecule has 0 radical (unpaired) electrons. The van der Waals surface area contributed by atoms with Gasteiger partial charge in [-0.05, 0) is 50.6 Å². The molecule has 0 spiro atoms. The molecule has 1 heterocycles. The van der Waals surface area contributed by atoms with Crippen LogP contribution in [0.1, 0.15) is 28.4 Å². The van der Waals surface area contributed by atoms with Gasteiger partial charge in [0, 0.05) is 12.1 Å². The highest BCUT2D eigenvalue weighted by Crippen LogP contribution is 2.23. The van der Waals surface area contributed by atoms with E-state index in [4.69, 9.17) is 4.74 Å². The SMILES string of the molecule is CCn1c(=NC(=O)c2cc(C)ccc2C)sc2cc(OC)ccc21. The molecule has 4 nitrogen and oxygen atoms in total. The molecule has 2 aromatic carbocycles. The molecule has 0 saturated heterocycles. The third-order valence-electron chi connectivity index (χ3n) is 4.03. The van der Waals surface area contributed by atoms with Crippen molar-refractivity contribution in [2.45, 2.75) is 27.3 Å². The second-order valence-corrected chi connectivity index (χ2v) is 6.71. The van der Waals surface area contributed by atoms with Crippen LogP contribution in [0, 0.1) is 13.8 Å². The van der Waals surface area contributed by atoms with E-state index in [9.17, 15) is 4.79 Å². The van der Waals surface area contributed by atoms with Crippen molar-refractivity contribution in [2.24, 2.45) is 4.99 Å². The summed E-state index contributed by atoms with van der Waals surface area (Å²) in [6.45, 7) is 6.73. The van der Waals surface area contributed by atoms with E-state index in [0.717, 1.165) is 33.6 Å². The Labute approximate surface area is 145 Å². The average Bonchev–Trinajstić information content (AvgIpc) is 2.92. The molecule has 0 atom stereocenters. The minimum atomic E-state index is -0.197. The number of fused-ring (bicyclic) bond motifs is 1. The molecule has 5 heteroatoms. The lowest BCUT2D eigenvalue weighted by molar-refractivity contribution is 0.0997. The van der Waals surface area contributed by atoms with E-state index < -0.39 is 0 Å². The van der Waals surface area contributed by atoms with Crippen molar-refractivity contribution < 1.29 is 9.53 Å². The summed E-state index contributed by atoms with van der Waals surface area (Å²) in [5.41, 5.74) is 3.73. The lowest BCUT2D eigenvalue weighted by Gasteiger charge is -2.03. The lowest BCUT2D eigenvalue weighted by Crippen LogP contribution is -2.16. The summed E-state index contributed by atoms with van der Waals surface area (Å²) in [4.78, 5) is 17.8. The summed E-state index contributed by atoms with van der Waals surface area (Å²) >= 11 is 1.51. The van der Waals surface area contributed by atoms with Gasteiger partial charge < -0.3 is 9.30 Å². The molecular formula is C19H20N2O2S. The highest BCUT2D eigenvalue weighted by atomic mass is 32.1. The summed E-state index contributed by atoms with van der Waals surface area (Å²) in [7, 11) is 1.65. The molecule has 0 aliphatic rings. The molecular weight excluding hydrogens is 320 g/mol. The Morgan fingerprint density at radius 2 is 2.00 bits per heavy atom. The van der Waals surface area contributed by atoms with Gasteiger partial charge in [0.2, 0.25) is 0 Å². The quantitative estimate of drug-likeness (QED) is 0.721. The average molecular weight is 340 g/mol. The van der Waals surface area contributed by atoms with Gasteiger partial charge in [-0.15, -0.1) is 0 Å². The molecule has 0 aliphatic carbocycles. The first kappa shape index (κ1) is 16.5. The van der Waals surface area contributed by atoms with Crippen LogP contribution in [-0.4, -0.2) is 17.6 Å². The summed E-state index contributed by atoms with van der Waals surface area (Å²) in [6, 6.07) is 11.8. The van der Waals surface area contributed by atoms with E-state index in [-0.39, 0.29) is 5.91 Å². The maximum Gasteiger partial charge on any atom is 0.279 e. The van der Waals surface area contributed by atoms with Crippen molar-refractivity contribution in [1.29, 1.82) is 0 Å². The number of aryl methyl sites for hydroxylation is 3. The van der Waals surface area contributed by atoms with Crippen LogP contribution in [-0.2, 0) is 6.54 Å². The topological polar surface area (TPSA) is 43.6 Å². The van der Waals surface area contributed by atoms with Crippen LogP contribution in [0.5, 0.6) is 5.75 Å². The first-order valence-electron chi connectivity index (χ1n) is 7.87. The molecule has 1 amide bonds. The van der Waals surface area contributed by atoms with Crippen LogP contribution < -0.4 is 9.54 Å². The highest BCUT2D eigenvalue weighted by molar-refractivity contribution is 7.16. The van der Waals surface area contributed by atoms with Gasteiger partial charge >= 0.3 is 0 Å². The van der Waals surface area contributed by atoms with Crippen molar-refractivity contribution in [1.82, 2.24) is 4.57 Å². The monoisotopic (exact) mass is 340 g/mol. The zero-order chi connectivity index (χ0) is 17.3. The molecule has 0 N–H and O–H groups in total. The number of aromatic nitrogens is 1. The number of hydrogen-bond donors (Lipinski definition) is 0. The number of nitrogens with zero attached hydrogens (tertiary/aromatic N) is 2. The highest BCUT2D eigenvalue weighted by Gasteiger charge is 2.11. The fraction of sp³-hybridized carbons (Fsp3) is 0.263. The number of benzene rings is 2. The van der Waals surface area contributed by atoms with E-state index in [1.54, 1.807) is 7.11 Å². The van der Waals surface area contributed by atoms with Gasteiger partial charge in [0.15, 0.2) is 4.80 Å². The van der Waals surface area contributed by atoms with Gasteiger partial charge in [-0.3, -0.25) is 4.79 Å². The number of carbonyl (C=O) groups excluding carboxylic acids is 1. The molecule has 0 aliphatic heterocycles. The van der Waals surface area contributed by atoms with E-state index >= 15 is 0 Å². The number of rotatable bonds is 3. The van der Waals surface area contributed by atoms with Crippen LogP contribution in [0.4, 0.5) is 0 Å². The predicted molar refractivity (Wildman–Crippen MR) is 97.9 cm³/mol. The summed E-state index contributed by atoms with van der Waals surface area (Å²) in [5.74, 6) is 0.608. The molecule has 0 bridgehead atoms. The molecule has 124 valence electrons. The molecule has 0 unspecified atom stereocenters. The van der Waals surface area contributed by atoms with Gasteiger partial charge in [0.1, 0.15) is 5.75 Å². The Kier molecular flexibility index (Phi) is 4.53. The van der Waals surface area contributed by atoms with Gasteiger partial charge in [0.25, 0.3) is 5.91 Å². The van der Waals surface area contributed by atoms with Gasteiger partial charge in [-0.25, -0.2) is 0 Å². The maximum atomic E-state index is 12.7. The van der Waals surface area contributed by atoms with E-state index in [1.807, 2.05) is 50.2 Å². The van der Waals surface area contributed by atoms with E-state index in [1.165, 1.54) is 11.3 Å². The van der Waals surface area contributed by atoms with E-state index in [0.29, 0.717) is 10.4 Å². The van der Waals surface area contributed by atoms with Crippen LogP contribution >= 0.6 is 11.3 Å². The third-order valence-corrected chi connectivity index (χ3v) is 5.07. The first-order chi connectivity index (χ1) is 11.5. The fourth-order valence-electron chi connectivity index (χ4n) is 2.68. The van der Waals surface area contributed by atoms with Crippen LogP contribution in [0.2, 0.25) is 0 Å². The molecule has 0 fully saturated rings. The Balaban J connectivity index is 2.15. The Morgan fingerprint density at radius 1 is 1.21 bits per heavy atom.